The first-order chi connectivity index (χ1) is 11.6. The average molecular weight is 325 g/mol. The van der Waals surface area contributed by atoms with Gasteiger partial charge in [-0.25, -0.2) is 4.79 Å². The van der Waals surface area contributed by atoms with Crippen LogP contribution in [0, 0.1) is 0 Å². The second-order valence-corrected chi connectivity index (χ2v) is 5.59. The Morgan fingerprint density at radius 3 is 2.00 bits per heavy atom. The molecule has 0 saturated heterocycles. The number of carbonyl (C=O) groups excluding carboxylic acids is 2. The molecule has 5 nitrogen and oxygen atoms in total. The topological polar surface area (TPSA) is 61.4 Å². The highest BCUT2D eigenvalue weighted by atomic mass is 16.2. The zero-order valence-corrected chi connectivity index (χ0v) is 13.9. The fourth-order valence-electron chi connectivity index (χ4n) is 2.28. The number of nitrogens with zero attached hydrogens (tertiary/aromatic N) is 1. The van der Waals surface area contributed by atoms with Crippen molar-refractivity contribution in [1.82, 2.24) is 15.5 Å². The van der Waals surface area contributed by atoms with Crippen molar-refractivity contribution in [1.29, 1.82) is 0 Å². The van der Waals surface area contributed by atoms with E-state index < -0.39 is 0 Å². The van der Waals surface area contributed by atoms with Gasteiger partial charge in [-0.2, -0.15) is 0 Å². The molecule has 0 bridgehead atoms. The Labute approximate surface area is 142 Å². The third-order valence-corrected chi connectivity index (χ3v) is 3.54. The summed E-state index contributed by atoms with van der Waals surface area (Å²) in [5.74, 6) is -0.0481. The van der Waals surface area contributed by atoms with Gasteiger partial charge in [0, 0.05) is 26.7 Å². The maximum absolute atomic E-state index is 12.0. The van der Waals surface area contributed by atoms with Gasteiger partial charge < -0.3 is 15.5 Å². The molecule has 0 radical (unpaired) electrons. The number of hydrogen-bond acceptors (Lipinski definition) is 2. The van der Waals surface area contributed by atoms with Crippen molar-refractivity contribution >= 4 is 11.9 Å². The maximum atomic E-state index is 12.0. The number of hydrogen-bond donors (Lipinski definition) is 2. The molecule has 24 heavy (non-hydrogen) atoms. The van der Waals surface area contributed by atoms with Crippen LogP contribution in [-0.2, 0) is 17.8 Å². The average Bonchev–Trinajstić information content (AvgIpc) is 2.60. The van der Waals surface area contributed by atoms with E-state index in [-0.39, 0.29) is 11.9 Å². The zero-order valence-electron chi connectivity index (χ0n) is 13.9. The lowest BCUT2D eigenvalue weighted by molar-refractivity contribution is -0.120. The summed E-state index contributed by atoms with van der Waals surface area (Å²) in [5, 5.41) is 5.60. The van der Waals surface area contributed by atoms with E-state index in [0.717, 1.165) is 11.1 Å². The molecule has 0 unspecified atom stereocenters. The second kappa shape index (κ2) is 9.35. The fraction of sp³-hybridized carbons (Fsp3) is 0.263. The Morgan fingerprint density at radius 1 is 0.833 bits per heavy atom. The molecule has 2 rings (SSSR count). The van der Waals surface area contributed by atoms with Gasteiger partial charge in [-0.1, -0.05) is 60.7 Å². The molecule has 0 aliphatic heterocycles. The molecular formula is C19H23N3O2. The van der Waals surface area contributed by atoms with Gasteiger partial charge in [0.2, 0.25) is 5.91 Å². The van der Waals surface area contributed by atoms with Crippen LogP contribution in [0.25, 0.3) is 0 Å². The zero-order chi connectivity index (χ0) is 17.2. The molecular weight excluding hydrogens is 302 g/mol. The summed E-state index contributed by atoms with van der Waals surface area (Å²) in [4.78, 5) is 25.4. The van der Waals surface area contributed by atoms with Crippen LogP contribution in [0.4, 0.5) is 4.79 Å². The van der Waals surface area contributed by atoms with E-state index in [2.05, 4.69) is 10.6 Å². The van der Waals surface area contributed by atoms with E-state index >= 15 is 0 Å². The van der Waals surface area contributed by atoms with Gasteiger partial charge in [-0.3, -0.25) is 4.79 Å². The van der Waals surface area contributed by atoms with Gasteiger partial charge >= 0.3 is 6.03 Å². The maximum Gasteiger partial charge on any atom is 0.317 e. The van der Waals surface area contributed by atoms with Crippen LogP contribution in [0.2, 0.25) is 0 Å². The van der Waals surface area contributed by atoms with Gasteiger partial charge in [0.25, 0.3) is 0 Å². The Bertz CT molecular complexity index is 644. The van der Waals surface area contributed by atoms with Crippen molar-refractivity contribution in [2.75, 3.05) is 20.1 Å². The van der Waals surface area contributed by atoms with Crippen LogP contribution in [0.5, 0.6) is 0 Å². The van der Waals surface area contributed by atoms with Gasteiger partial charge in [0.05, 0.1) is 6.42 Å². The molecule has 0 aliphatic rings. The normalized spacial score (nSPS) is 10.0. The second-order valence-electron chi connectivity index (χ2n) is 5.59. The lowest BCUT2D eigenvalue weighted by Crippen LogP contribution is -2.41. The SMILES string of the molecule is CN(Cc1ccccc1)C(=O)NCCNC(=O)Cc1ccccc1. The van der Waals surface area contributed by atoms with Crippen LogP contribution >= 0.6 is 0 Å². The van der Waals surface area contributed by atoms with Crippen molar-refractivity contribution in [3.05, 3.63) is 71.8 Å². The molecule has 5 heteroatoms. The minimum atomic E-state index is -0.156. The highest BCUT2D eigenvalue weighted by Crippen LogP contribution is 2.02. The fourth-order valence-corrected chi connectivity index (χ4v) is 2.28. The molecule has 3 amide bonds. The van der Waals surface area contributed by atoms with Crippen molar-refractivity contribution in [3.8, 4) is 0 Å². The van der Waals surface area contributed by atoms with Crippen LogP contribution in [0.3, 0.4) is 0 Å². The van der Waals surface area contributed by atoms with Crippen molar-refractivity contribution in [2.24, 2.45) is 0 Å². The first-order valence-electron chi connectivity index (χ1n) is 7.98. The monoisotopic (exact) mass is 325 g/mol. The van der Waals surface area contributed by atoms with E-state index in [1.165, 1.54) is 0 Å². The highest BCUT2D eigenvalue weighted by molar-refractivity contribution is 5.78. The number of carbonyl (C=O) groups is 2. The molecule has 0 aromatic heterocycles. The molecule has 0 atom stereocenters. The predicted octanol–water partition coefficient (Wildman–Crippen LogP) is 2.19. The minimum absolute atomic E-state index is 0.0481. The van der Waals surface area contributed by atoms with Crippen molar-refractivity contribution < 1.29 is 9.59 Å². The van der Waals surface area contributed by atoms with Crippen molar-refractivity contribution in [2.45, 2.75) is 13.0 Å². The van der Waals surface area contributed by atoms with E-state index in [4.69, 9.17) is 0 Å². The Kier molecular flexibility index (Phi) is 6.83. The van der Waals surface area contributed by atoms with Gasteiger partial charge in [0.1, 0.15) is 0 Å². The minimum Gasteiger partial charge on any atom is -0.354 e. The van der Waals surface area contributed by atoms with E-state index in [1.807, 2.05) is 60.7 Å². The van der Waals surface area contributed by atoms with E-state index in [0.29, 0.717) is 26.1 Å². The summed E-state index contributed by atoms with van der Waals surface area (Å²) < 4.78 is 0. The smallest absolute Gasteiger partial charge is 0.317 e. The standard InChI is InChI=1S/C19H23N3O2/c1-22(15-17-10-6-3-7-11-17)19(24)21-13-12-20-18(23)14-16-8-4-2-5-9-16/h2-11H,12-15H2,1H3,(H,20,23)(H,21,24). The molecule has 0 heterocycles. The molecule has 0 fully saturated rings. The number of rotatable bonds is 7. The number of urea groups is 1. The van der Waals surface area contributed by atoms with Crippen LogP contribution in [0.15, 0.2) is 60.7 Å². The summed E-state index contributed by atoms with van der Waals surface area (Å²) >= 11 is 0. The van der Waals surface area contributed by atoms with Crippen LogP contribution in [0.1, 0.15) is 11.1 Å². The van der Waals surface area contributed by atoms with Gasteiger partial charge in [0.15, 0.2) is 0 Å². The molecule has 2 N–H and O–H groups in total. The highest BCUT2D eigenvalue weighted by Gasteiger charge is 2.08. The molecule has 0 saturated carbocycles. The number of amides is 3. The van der Waals surface area contributed by atoms with E-state index in [1.54, 1.807) is 11.9 Å². The quantitative estimate of drug-likeness (QED) is 0.767. The Hall–Kier alpha value is -2.82. The first kappa shape index (κ1) is 17.5. The number of benzene rings is 2. The largest absolute Gasteiger partial charge is 0.354 e. The predicted molar refractivity (Wildman–Crippen MR) is 94.5 cm³/mol. The third-order valence-electron chi connectivity index (χ3n) is 3.54. The van der Waals surface area contributed by atoms with E-state index in [9.17, 15) is 9.59 Å². The molecule has 0 spiro atoms. The van der Waals surface area contributed by atoms with Crippen molar-refractivity contribution in [3.63, 3.8) is 0 Å². The van der Waals surface area contributed by atoms with Crippen LogP contribution in [-0.4, -0.2) is 37.0 Å². The molecule has 126 valence electrons. The Balaban J connectivity index is 1.62. The summed E-state index contributed by atoms with van der Waals surface area (Å²) in [6, 6.07) is 19.2. The summed E-state index contributed by atoms with van der Waals surface area (Å²) in [6.07, 6.45) is 0.350. The summed E-state index contributed by atoms with van der Waals surface area (Å²) in [6.45, 7) is 1.36. The molecule has 2 aromatic carbocycles. The first-order valence-corrected chi connectivity index (χ1v) is 7.98. The molecule has 2 aromatic rings. The molecule has 0 aliphatic carbocycles. The van der Waals surface area contributed by atoms with Gasteiger partial charge in [-0.15, -0.1) is 0 Å². The summed E-state index contributed by atoms with van der Waals surface area (Å²) in [5.41, 5.74) is 2.05. The number of nitrogens with one attached hydrogen (secondary N) is 2. The third kappa shape index (κ3) is 6.12. The lowest BCUT2D eigenvalue weighted by atomic mass is 10.1. The van der Waals surface area contributed by atoms with Gasteiger partial charge in [-0.05, 0) is 11.1 Å². The lowest BCUT2D eigenvalue weighted by Gasteiger charge is -2.18. The Morgan fingerprint density at radius 2 is 1.38 bits per heavy atom. The van der Waals surface area contributed by atoms with Crippen LogP contribution < -0.4 is 10.6 Å². The summed E-state index contributed by atoms with van der Waals surface area (Å²) in [7, 11) is 1.75.